The maximum absolute atomic E-state index is 4.48. The van der Waals surface area contributed by atoms with Crippen LogP contribution in [0, 0.1) is 5.92 Å². The molecule has 0 saturated carbocycles. The van der Waals surface area contributed by atoms with Crippen LogP contribution in [0.25, 0.3) is 16.4 Å². The second-order valence-corrected chi connectivity index (χ2v) is 6.11. The first-order chi connectivity index (χ1) is 10.1. The first-order valence-corrected chi connectivity index (χ1v) is 7.68. The second-order valence-electron chi connectivity index (χ2n) is 6.11. The van der Waals surface area contributed by atoms with E-state index in [1.54, 1.807) is 6.33 Å². The zero-order chi connectivity index (χ0) is 15.0. The summed E-state index contributed by atoms with van der Waals surface area (Å²) in [5.74, 6) is 0.582. The summed E-state index contributed by atoms with van der Waals surface area (Å²) in [5.41, 5.74) is 2.30. The molecular weight excluding hydrogens is 260 g/mol. The third-order valence-electron chi connectivity index (χ3n) is 5.24. The predicted molar refractivity (Wildman–Crippen MR) is 85.4 cm³/mol. The van der Waals surface area contributed by atoms with E-state index in [0.717, 1.165) is 23.9 Å². The van der Waals surface area contributed by atoms with Crippen molar-refractivity contribution < 1.29 is 0 Å². The molecule has 0 bridgehead atoms. The highest BCUT2D eigenvalue weighted by atomic mass is 15.2. The van der Waals surface area contributed by atoms with Gasteiger partial charge in [-0.25, -0.2) is 0 Å². The molecule has 4 nitrogen and oxygen atoms in total. The van der Waals surface area contributed by atoms with Crippen LogP contribution in [-0.2, 0) is 5.41 Å². The van der Waals surface area contributed by atoms with Crippen molar-refractivity contribution in [1.29, 1.82) is 0 Å². The van der Waals surface area contributed by atoms with Crippen molar-refractivity contribution in [3.05, 3.63) is 36.5 Å². The fourth-order valence-electron chi connectivity index (χ4n) is 3.23. The number of aromatic nitrogens is 4. The highest BCUT2D eigenvalue weighted by Gasteiger charge is 2.32. The molecule has 0 radical (unpaired) electrons. The van der Waals surface area contributed by atoms with Gasteiger partial charge in [0.25, 0.3) is 0 Å². The Labute approximate surface area is 125 Å². The topological polar surface area (TPSA) is 43.1 Å². The van der Waals surface area contributed by atoms with Crippen molar-refractivity contribution in [3.8, 4) is 0 Å². The van der Waals surface area contributed by atoms with Crippen molar-refractivity contribution in [1.82, 2.24) is 19.6 Å². The molecule has 3 heterocycles. The van der Waals surface area contributed by atoms with Crippen LogP contribution in [0.3, 0.4) is 0 Å². The van der Waals surface area contributed by atoms with E-state index in [1.165, 1.54) is 10.9 Å². The number of rotatable bonds is 4. The minimum atomic E-state index is 0.0923. The summed E-state index contributed by atoms with van der Waals surface area (Å²) in [7, 11) is 0. The number of fused-ring (bicyclic) bond motifs is 3. The lowest BCUT2D eigenvalue weighted by Gasteiger charge is -2.35. The van der Waals surface area contributed by atoms with Gasteiger partial charge in [0, 0.05) is 29.4 Å². The van der Waals surface area contributed by atoms with Crippen LogP contribution < -0.4 is 0 Å². The van der Waals surface area contributed by atoms with E-state index in [4.69, 9.17) is 0 Å². The van der Waals surface area contributed by atoms with Crippen LogP contribution in [0.2, 0.25) is 0 Å². The summed E-state index contributed by atoms with van der Waals surface area (Å²) >= 11 is 0. The van der Waals surface area contributed by atoms with Gasteiger partial charge in [-0.1, -0.05) is 34.1 Å². The molecule has 2 unspecified atom stereocenters. The van der Waals surface area contributed by atoms with E-state index >= 15 is 0 Å². The highest BCUT2D eigenvalue weighted by Crippen LogP contribution is 2.40. The van der Waals surface area contributed by atoms with Crippen molar-refractivity contribution in [3.63, 3.8) is 0 Å². The standard InChI is InChI=1S/C17H22N4/c1-5-12(3)17(4,6-2)14-10-18-9-13-7-8-21-11-19-20-16(21)15(13)14/h7-12H,5-6H2,1-4H3. The van der Waals surface area contributed by atoms with Crippen LogP contribution >= 0.6 is 0 Å². The maximum Gasteiger partial charge on any atom is 0.168 e. The monoisotopic (exact) mass is 282 g/mol. The Kier molecular flexibility index (Phi) is 3.40. The highest BCUT2D eigenvalue weighted by molar-refractivity contribution is 5.96. The molecule has 0 N–H and O–H groups in total. The first-order valence-electron chi connectivity index (χ1n) is 7.68. The Morgan fingerprint density at radius 3 is 2.81 bits per heavy atom. The zero-order valence-corrected chi connectivity index (χ0v) is 13.2. The Morgan fingerprint density at radius 2 is 2.10 bits per heavy atom. The van der Waals surface area contributed by atoms with Gasteiger partial charge >= 0.3 is 0 Å². The molecule has 0 aliphatic carbocycles. The molecule has 3 aromatic rings. The van der Waals surface area contributed by atoms with Gasteiger partial charge in [0.2, 0.25) is 0 Å². The Bertz CT molecular complexity index is 777. The number of hydrogen-bond acceptors (Lipinski definition) is 3. The Balaban J connectivity index is 2.38. The molecular formula is C17H22N4. The van der Waals surface area contributed by atoms with Gasteiger partial charge in [0.1, 0.15) is 6.33 Å². The lowest BCUT2D eigenvalue weighted by atomic mass is 9.69. The summed E-state index contributed by atoms with van der Waals surface area (Å²) in [4.78, 5) is 4.48. The van der Waals surface area contributed by atoms with Gasteiger partial charge < -0.3 is 0 Å². The van der Waals surface area contributed by atoms with Gasteiger partial charge in [-0.2, -0.15) is 0 Å². The molecule has 0 amide bonds. The van der Waals surface area contributed by atoms with E-state index in [9.17, 15) is 0 Å². The number of pyridine rings is 2. The molecule has 0 aromatic carbocycles. The zero-order valence-electron chi connectivity index (χ0n) is 13.2. The minimum Gasteiger partial charge on any atom is -0.289 e. The van der Waals surface area contributed by atoms with Gasteiger partial charge in [-0.05, 0) is 29.4 Å². The van der Waals surface area contributed by atoms with Crippen molar-refractivity contribution in [2.75, 3.05) is 0 Å². The van der Waals surface area contributed by atoms with Gasteiger partial charge in [0.15, 0.2) is 5.65 Å². The molecule has 0 spiro atoms. The Morgan fingerprint density at radius 1 is 1.29 bits per heavy atom. The minimum absolute atomic E-state index is 0.0923. The SMILES string of the molecule is CCC(C)C(C)(CC)c1cncc2ccn3cnnc3c12. The van der Waals surface area contributed by atoms with Gasteiger partial charge in [0.05, 0.1) is 0 Å². The maximum atomic E-state index is 4.48. The van der Waals surface area contributed by atoms with Gasteiger partial charge in [-0.3, -0.25) is 9.38 Å². The molecule has 0 saturated heterocycles. The average Bonchev–Trinajstić information content (AvgIpc) is 3.01. The largest absolute Gasteiger partial charge is 0.289 e. The normalized spacial score (nSPS) is 16.2. The summed E-state index contributed by atoms with van der Waals surface area (Å²) in [6.07, 6.45) is 9.92. The smallest absolute Gasteiger partial charge is 0.168 e. The Hall–Kier alpha value is -1.97. The quantitative estimate of drug-likeness (QED) is 0.726. The second kappa shape index (κ2) is 5.10. The summed E-state index contributed by atoms with van der Waals surface area (Å²) < 4.78 is 1.98. The number of nitrogens with zero attached hydrogens (tertiary/aromatic N) is 4. The van der Waals surface area contributed by atoms with E-state index < -0.39 is 0 Å². The number of hydrogen-bond donors (Lipinski definition) is 0. The average molecular weight is 282 g/mol. The van der Waals surface area contributed by atoms with Crippen molar-refractivity contribution >= 4 is 16.4 Å². The van der Waals surface area contributed by atoms with Crippen LogP contribution in [0.4, 0.5) is 0 Å². The van der Waals surface area contributed by atoms with Crippen LogP contribution in [0.1, 0.15) is 46.1 Å². The van der Waals surface area contributed by atoms with Gasteiger partial charge in [-0.15, -0.1) is 10.2 Å². The summed E-state index contributed by atoms with van der Waals surface area (Å²) in [5, 5.41) is 10.7. The predicted octanol–water partition coefficient (Wildman–Crippen LogP) is 3.99. The molecule has 0 aliphatic heterocycles. The molecule has 0 aliphatic rings. The lowest BCUT2D eigenvalue weighted by Crippen LogP contribution is -2.29. The van der Waals surface area contributed by atoms with Crippen LogP contribution in [0.15, 0.2) is 31.0 Å². The molecule has 3 aromatic heterocycles. The van der Waals surface area contributed by atoms with E-state index in [-0.39, 0.29) is 5.41 Å². The fraction of sp³-hybridized carbons (Fsp3) is 0.471. The lowest BCUT2D eigenvalue weighted by molar-refractivity contribution is 0.297. The molecule has 4 heteroatoms. The molecule has 3 rings (SSSR count). The third kappa shape index (κ3) is 2.01. The molecule has 110 valence electrons. The summed E-state index contributed by atoms with van der Waals surface area (Å²) in [6, 6.07) is 2.09. The van der Waals surface area contributed by atoms with E-state index in [1.807, 2.05) is 23.0 Å². The van der Waals surface area contributed by atoms with Crippen molar-refractivity contribution in [2.45, 2.75) is 46.0 Å². The van der Waals surface area contributed by atoms with Crippen LogP contribution in [0.5, 0.6) is 0 Å². The third-order valence-corrected chi connectivity index (χ3v) is 5.24. The summed E-state index contributed by atoms with van der Waals surface area (Å²) in [6.45, 7) is 9.18. The molecule has 0 fully saturated rings. The molecule has 21 heavy (non-hydrogen) atoms. The van der Waals surface area contributed by atoms with E-state index in [2.05, 4.69) is 48.9 Å². The van der Waals surface area contributed by atoms with E-state index in [0.29, 0.717) is 5.92 Å². The van der Waals surface area contributed by atoms with Crippen LogP contribution in [-0.4, -0.2) is 19.6 Å². The fourth-order valence-corrected chi connectivity index (χ4v) is 3.23. The first kappa shape index (κ1) is 14.0. The van der Waals surface area contributed by atoms with Crippen molar-refractivity contribution in [2.24, 2.45) is 5.92 Å². The molecule has 2 atom stereocenters.